The number of nitrogens with two attached hydrogens (primary N) is 1. The van der Waals surface area contributed by atoms with E-state index >= 15 is 0 Å². The number of thiophene rings is 1. The number of nitrogens with zero attached hydrogens (tertiary/aromatic N) is 2. The van der Waals surface area contributed by atoms with Gasteiger partial charge in [0.2, 0.25) is 5.88 Å². The van der Waals surface area contributed by atoms with E-state index in [4.69, 9.17) is 5.73 Å². The Bertz CT molecular complexity index is 1120. The number of hydrogen-bond donors (Lipinski definition) is 3. The Morgan fingerprint density at radius 2 is 2.04 bits per heavy atom. The molecule has 1 aromatic carbocycles. The van der Waals surface area contributed by atoms with E-state index in [9.17, 15) is 9.90 Å². The highest BCUT2D eigenvalue weighted by molar-refractivity contribution is 7.22. The molecule has 2 aliphatic heterocycles. The number of benzene rings is 1. The summed E-state index contributed by atoms with van der Waals surface area (Å²) in [5.41, 5.74) is 8.67. The van der Waals surface area contributed by atoms with Crippen LogP contribution >= 0.6 is 22.7 Å². The van der Waals surface area contributed by atoms with Crippen molar-refractivity contribution in [2.45, 2.75) is 6.42 Å². The number of fused-ring (bicyclic) bond motifs is 5. The molecule has 0 radical (unpaired) electrons. The Hall–Kier alpha value is -2.71. The number of aromatic nitrogens is 1. The second-order valence-corrected chi connectivity index (χ2v) is 7.88. The zero-order valence-corrected chi connectivity index (χ0v) is 14.5. The van der Waals surface area contributed by atoms with Crippen LogP contribution in [-0.2, 0) is 4.79 Å². The van der Waals surface area contributed by atoms with Gasteiger partial charge in [0.1, 0.15) is 5.71 Å². The molecule has 0 aliphatic carbocycles. The third-order valence-corrected chi connectivity index (χ3v) is 6.45. The minimum Gasteiger partial charge on any atom is -0.492 e. The van der Waals surface area contributed by atoms with Gasteiger partial charge >= 0.3 is 0 Å². The van der Waals surface area contributed by atoms with Crippen LogP contribution in [0.15, 0.2) is 29.3 Å². The predicted octanol–water partition coefficient (Wildman–Crippen LogP) is 3.16. The molecule has 25 heavy (non-hydrogen) atoms. The normalized spacial score (nSPS) is 16.5. The molecule has 0 atom stereocenters. The molecule has 124 valence electrons. The van der Waals surface area contributed by atoms with Crippen molar-refractivity contribution in [1.29, 1.82) is 0 Å². The fraction of sp³-hybridized carbons (Fsp3) is 0.118. The van der Waals surface area contributed by atoms with Gasteiger partial charge in [0.15, 0.2) is 5.13 Å². The summed E-state index contributed by atoms with van der Waals surface area (Å²) in [6.45, 7) is 0.480. The van der Waals surface area contributed by atoms with Crippen LogP contribution in [0.5, 0.6) is 5.88 Å². The topological polar surface area (TPSA) is 101 Å². The van der Waals surface area contributed by atoms with Crippen LogP contribution in [-0.4, -0.2) is 28.3 Å². The van der Waals surface area contributed by atoms with E-state index in [1.807, 2.05) is 24.3 Å². The maximum Gasteiger partial charge on any atom is 0.270 e. The van der Waals surface area contributed by atoms with Crippen LogP contribution in [0.4, 0.5) is 10.8 Å². The van der Waals surface area contributed by atoms with Crippen LogP contribution in [0.3, 0.4) is 0 Å². The van der Waals surface area contributed by atoms with E-state index in [2.05, 4.69) is 15.3 Å². The Morgan fingerprint density at radius 1 is 1.20 bits per heavy atom. The number of amides is 1. The van der Waals surface area contributed by atoms with Crippen LogP contribution in [0, 0.1) is 0 Å². The number of hydrogen-bond acceptors (Lipinski definition) is 7. The van der Waals surface area contributed by atoms with Gasteiger partial charge in [-0.3, -0.25) is 4.79 Å². The first-order valence-electron chi connectivity index (χ1n) is 7.71. The number of aromatic hydroxyl groups is 1. The fourth-order valence-corrected chi connectivity index (χ4v) is 5.31. The molecule has 0 saturated heterocycles. The minimum atomic E-state index is -0.186. The van der Waals surface area contributed by atoms with Crippen molar-refractivity contribution < 1.29 is 9.90 Å². The lowest BCUT2D eigenvalue weighted by atomic mass is 10.00. The van der Waals surface area contributed by atoms with Crippen molar-refractivity contribution in [2.24, 2.45) is 4.99 Å². The summed E-state index contributed by atoms with van der Waals surface area (Å²) >= 11 is 2.84. The molecule has 8 heteroatoms. The minimum absolute atomic E-state index is 0.0896. The maximum atomic E-state index is 12.5. The highest BCUT2D eigenvalue weighted by atomic mass is 32.1. The van der Waals surface area contributed by atoms with Gasteiger partial charge in [-0.05, 0) is 18.1 Å². The van der Waals surface area contributed by atoms with E-state index in [0.29, 0.717) is 28.7 Å². The Balaban J connectivity index is 1.86. The molecule has 5 rings (SSSR count). The van der Waals surface area contributed by atoms with Gasteiger partial charge in [0.25, 0.3) is 5.91 Å². The van der Waals surface area contributed by atoms with Gasteiger partial charge in [-0.1, -0.05) is 29.5 Å². The number of anilines is 1. The van der Waals surface area contributed by atoms with E-state index in [-0.39, 0.29) is 11.8 Å². The average molecular weight is 368 g/mol. The zero-order chi connectivity index (χ0) is 17.1. The average Bonchev–Trinajstić information content (AvgIpc) is 3.20. The molecule has 0 fully saturated rings. The molecule has 0 spiro atoms. The number of rotatable bonds is 1. The Labute approximate surface area is 150 Å². The summed E-state index contributed by atoms with van der Waals surface area (Å²) in [5.74, 6) is -0.275. The number of thiazole rings is 1. The molecule has 4 N–H and O–H groups in total. The lowest BCUT2D eigenvalue weighted by Crippen LogP contribution is -2.29. The van der Waals surface area contributed by atoms with Crippen LogP contribution in [0.25, 0.3) is 21.2 Å². The predicted molar refractivity (Wildman–Crippen MR) is 102 cm³/mol. The van der Waals surface area contributed by atoms with Gasteiger partial charge in [-0.15, -0.1) is 11.3 Å². The molecule has 0 bridgehead atoms. The Morgan fingerprint density at radius 3 is 2.84 bits per heavy atom. The summed E-state index contributed by atoms with van der Waals surface area (Å²) in [7, 11) is 0. The molecule has 0 unspecified atom stereocenters. The fourth-order valence-electron chi connectivity index (χ4n) is 3.29. The van der Waals surface area contributed by atoms with Gasteiger partial charge in [-0.2, -0.15) is 4.98 Å². The molecular weight excluding hydrogens is 356 g/mol. The molecule has 6 nitrogen and oxygen atoms in total. The van der Waals surface area contributed by atoms with Crippen molar-refractivity contribution in [2.75, 3.05) is 12.3 Å². The second kappa shape index (κ2) is 5.14. The monoisotopic (exact) mass is 368 g/mol. The largest absolute Gasteiger partial charge is 0.492 e. The van der Waals surface area contributed by atoms with Crippen molar-refractivity contribution in [1.82, 2.24) is 10.3 Å². The quantitative estimate of drug-likeness (QED) is 0.614. The van der Waals surface area contributed by atoms with Gasteiger partial charge in [0, 0.05) is 22.2 Å². The zero-order valence-electron chi connectivity index (χ0n) is 12.9. The lowest BCUT2D eigenvalue weighted by molar-refractivity contribution is -0.114. The van der Waals surface area contributed by atoms with Crippen LogP contribution in [0.1, 0.15) is 16.2 Å². The number of aliphatic imine (C=N–C) groups is 1. The van der Waals surface area contributed by atoms with Gasteiger partial charge in [0.05, 0.1) is 15.4 Å². The first-order chi connectivity index (χ1) is 12.1. The van der Waals surface area contributed by atoms with Crippen molar-refractivity contribution >= 4 is 66.3 Å². The van der Waals surface area contributed by atoms with Crippen molar-refractivity contribution in [3.8, 4) is 5.88 Å². The number of carbonyl (C=O) groups excluding carboxylic acids is 1. The maximum absolute atomic E-state index is 12.5. The molecule has 4 heterocycles. The van der Waals surface area contributed by atoms with E-state index in [0.717, 1.165) is 31.8 Å². The molecular formula is C17H12N4O2S2. The third-order valence-electron chi connectivity index (χ3n) is 4.33. The van der Waals surface area contributed by atoms with Gasteiger partial charge < -0.3 is 16.2 Å². The smallest absolute Gasteiger partial charge is 0.270 e. The summed E-state index contributed by atoms with van der Waals surface area (Å²) in [6.07, 6.45) is 0.586. The highest BCUT2D eigenvalue weighted by Crippen LogP contribution is 2.51. The van der Waals surface area contributed by atoms with E-state index < -0.39 is 0 Å². The number of nitrogens with one attached hydrogen (secondary N) is 1. The van der Waals surface area contributed by atoms with E-state index in [1.54, 1.807) is 11.3 Å². The van der Waals surface area contributed by atoms with Crippen LogP contribution < -0.4 is 11.1 Å². The van der Waals surface area contributed by atoms with Crippen molar-refractivity contribution in [3.05, 3.63) is 34.0 Å². The first-order valence-corrected chi connectivity index (χ1v) is 9.34. The van der Waals surface area contributed by atoms with E-state index in [1.165, 1.54) is 11.3 Å². The summed E-state index contributed by atoms with van der Waals surface area (Å²) in [5, 5.41) is 14.4. The SMILES string of the molecule is Nc1nc(O)c(C2=C3C(=Nc4c3sc3ccccc43)C(=O)NCC2)s1. The molecule has 2 aliphatic rings. The standard InChI is InChI=1S/C17H12N4O2S2/c18-17-21-16(23)13(25-17)8-5-6-19-15(22)12-10(8)14-11(20-12)7-3-1-2-4-9(7)24-14/h1-4,23H,5-6H2,(H2,18,21)(H,19,22). The van der Waals surface area contributed by atoms with Gasteiger partial charge in [-0.25, -0.2) is 4.99 Å². The summed E-state index contributed by atoms with van der Waals surface area (Å²) < 4.78 is 1.12. The summed E-state index contributed by atoms with van der Waals surface area (Å²) in [6, 6.07) is 8.02. The molecule has 0 saturated carbocycles. The van der Waals surface area contributed by atoms with Crippen molar-refractivity contribution in [3.63, 3.8) is 0 Å². The lowest BCUT2D eigenvalue weighted by Gasteiger charge is -2.06. The first kappa shape index (κ1) is 14.6. The Kier molecular flexibility index (Phi) is 3.01. The highest BCUT2D eigenvalue weighted by Gasteiger charge is 2.35. The molecule has 1 amide bonds. The van der Waals surface area contributed by atoms with Crippen LogP contribution in [0.2, 0.25) is 0 Å². The summed E-state index contributed by atoms with van der Waals surface area (Å²) in [4.78, 5) is 22.6. The molecule has 3 aromatic rings. The second-order valence-electron chi connectivity index (χ2n) is 5.80. The molecule has 2 aromatic heterocycles. The number of carbonyl (C=O) groups is 1. The third kappa shape index (κ3) is 2.04. The number of nitrogen functional groups attached to an aromatic ring is 1.